The molecule has 0 spiro atoms. The van der Waals surface area contributed by atoms with Gasteiger partial charge in [-0.05, 0) is 36.4 Å². The molecular formula is C16H17N3O3S. The van der Waals surface area contributed by atoms with Crippen LogP contribution >= 0.6 is 0 Å². The van der Waals surface area contributed by atoms with Gasteiger partial charge in [0.25, 0.3) is 10.0 Å². The van der Waals surface area contributed by atoms with Crippen LogP contribution in [0.1, 0.15) is 5.56 Å². The van der Waals surface area contributed by atoms with Gasteiger partial charge in [0.2, 0.25) is 0 Å². The van der Waals surface area contributed by atoms with E-state index in [1.807, 2.05) is 6.07 Å². The smallest absolute Gasteiger partial charge is 0.261 e. The number of amidine groups is 1. The normalized spacial score (nSPS) is 14.0. The minimum absolute atomic E-state index is 0.181. The van der Waals surface area contributed by atoms with Gasteiger partial charge >= 0.3 is 0 Å². The molecule has 0 aromatic heterocycles. The molecule has 1 heterocycles. The molecular weight excluding hydrogens is 314 g/mol. The number of nitrogens with one attached hydrogen (secondary N) is 2. The maximum Gasteiger partial charge on any atom is 0.261 e. The molecule has 0 aliphatic carbocycles. The molecule has 1 aliphatic heterocycles. The highest BCUT2D eigenvalue weighted by molar-refractivity contribution is 7.92. The quantitative estimate of drug-likeness (QED) is 0.876. The topological polar surface area (TPSA) is 79.8 Å². The molecule has 2 aromatic rings. The SMILES string of the molecule is COc1ccc(S(=O)(=O)Nc2cccc(C3=NCCN3)c2)cc1. The predicted octanol–water partition coefficient (Wildman–Crippen LogP) is 1.85. The average Bonchev–Trinajstić information content (AvgIpc) is 3.09. The van der Waals surface area contributed by atoms with Crippen LogP contribution in [0.25, 0.3) is 0 Å². The fraction of sp³-hybridized carbons (Fsp3) is 0.188. The molecule has 0 amide bonds. The number of sulfonamides is 1. The summed E-state index contributed by atoms with van der Waals surface area (Å²) in [4.78, 5) is 4.52. The fourth-order valence-corrected chi connectivity index (χ4v) is 3.34. The van der Waals surface area contributed by atoms with Gasteiger partial charge in [-0.3, -0.25) is 9.71 Å². The van der Waals surface area contributed by atoms with Crippen molar-refractivity contribution in [2.24, 2.45) is 4.99 Å². The summed E-state index contributed by atoms with van der Waals surface area (Å²) in [5, 5.41) is 3.17. The zero-order valence-electron chi connectivity index (χ0n) is 12.6. The van der Waals surface area contributed by atoms with Crippen molar-refractivity contribution in [3.63, 3.8) is 0 Å². The van der Waals surface area contributed by atoms with Crippen LogP contribution in [-0.2, 0) is 10.0 Å². The molecule has 2 N–H and O–H groups in total. The third-order valence-corrected chi connectivity index (χ3v) is 4.83. The van der Waals surface area contributed by atoms with Crippen LogP contribution in [-0.4, -0.2) is 34.5 Å². The minimum atomic E-state index is -3.64. The van der Waals surface area contributed by atoms with Crippen molar-refractivity contribution >= 4 is 21.5 Å². The molecule has 120 valence electrons. The van der Waals surface area contributed by atoms with Crippen molar-refractivity contribution in [3.05, 3.63) is 54.1 Å². The molecule has 0 radical (unpaired) electrons. The van der Waals surface area contributed by atoms with E-state index in [1.165, 1.54) is 19.2 Å². The number of ether oxygens (including phenoxy) is 1. The summed E-state index contributed by atoms with van der Waals surface area (Å²) in [6.07, 6.45) is 0. The molecule has 7 heteroatoms. The first-order valence-corrected chi connectivity index (χ1v) is 8.62. The second-order valence-electron chi connectivity index (χ2n) is 5.02. The standard InChI is InChI=1S/C16H17N3O3S/c1-22-14-5-7-15(8-6-14)23(20,21)19-13-4-2-3-12(11-13)16-17-9-10-18-16/h2-8,11,19H,9-10H2,1H3,(H,17,18). The van der Waals surface area contributed by atoms with Crippen LogP contribution in [0.5, 0.6) is 5.75 Å². The zero-order valence-corrected chi connectivity index (χ0v) is 13.4. The van der Waals surface area contributed by atoms with Crippen LogP contribution in [0.4, 0.5) is 5.69 Å². The molecule has 6 nitrogen and oxygen atoms in total. The van der Waals surface area contributed by atoms with Gasteiger partial charge in [-0.25, -0.2) is 8.42 Å². The number of methoxy groups -OCH3 is 1. The Balaban J connectivity index is 1.83. The summed E-state index contributed by atoms with van der Waals surface area (Å²) in [6.45, 7) is 1.54. The predicted molar refractivity (Wildman–Crippen MR) is 89.7 cm³/mol. The highest BCUT2D eigenvalue weighted by Gasteiger charge is 2.15. The van der Waals surface area contributed by atoms with E-state index in [9.17, 15) is 8.42 Å². The van der Waals surface area contributed by atoms with Gasteiger partial charge in [0.1, 0.15) is 11.6 Å². The van der Waals surface area contributed by atoms with Crippen molar-refractivity contribution in [3.8, 4) is 5.75 Å². The summed E-state index contributed by atoms with van der Waals surface area (Å²) in [6, 6.07) is 13.4. The monoisotopic (exact) mass is 331 g/mol. The van der Waals surface area contributed by atoms with Crippen molar-refractivity contribution < 1.29 is 13.2 Å². The minimum Gasteiger partial charge on any atom is -0.497 e. The molecule has 0 unspecified atom stereocenters. The second-order valence-corrected chi connectivity index (χ2v) is 6.70. The Hall–Kier alpha value is -2.54. The van der Waals surface area contributed by atoms with Crippen molar-refractivity contribution in [2.75, 3.05) is 24.9 Å². The molecule has 0 saturated carbocycles. The average molecular weight is 331 g/mol. The van der Waals surface area contributed by atoms with Crippen LogP contribution in [0.2, 0.25) is 0 Å². The van der Waals surface area contributed by atoms with Gasteiger partial charge in [-0.15, -0.1) is 0 Å². The molecule has 0 bridgehead atoms. The summed E-state index contributed by atoms with van der Waals surface area (Å²) in [5.41, 5.74) is 1.35. The lowest BCUT2D eigenvalue weighted by atomic mass is 10.2. The second kappa shape index (κ2) is 6.29. The highest BCUT2D eigenvalue weighted by atomic mass is 32.2. The van der Waals surface area contributed by atoms with Gasteiger partial charge < -0.3 is 10.1 Å². The Labute approximate surface area is 135 Å². The number of anilines is 1. The Morgan fingerprint density at radius 1 is 1.17 bits per heavy atom. The zero-order chi connectivity index (χ0) is 16.3. The molecule has 1 aliphatic rings. The Morgan fingerprint density at radius 2 is 1.96 bits per heavy atom. The Bertz CT molecular complexity index is 830. The van der Waals surface area contributed by atoms with Crippen molar-refractivity contribution in [1.29, 1.82) is 0 Å². The number of benzene rings is 2. The molecule has 0 fully saturated rings. The van der Waals surface area contributed by atoms with Gasteiger partial charge in [-0.1, -0.05) is 12.1 Å². The molecule has 0 saturated heterocycles. The van der Waals surface area contributed by atoms with Gasteiger partial charge in [-0.2, -0.15) is 0 Å². The summed E-state index contributed by atoms with van der Waals surface area (Å²) in [7, 11) is -2.11. The van der Waals surface area contributed by atoms with E-state index in [2.05, 4.69) is 15.0 Å². The third kappa shape index (κ3) is 3.45. The van der Waals surface area contributed by atoms with E-state index in [0.717, 1.165) is 24.5 Å². The van der Waals surface area contributed by atoms with E-state index in [-0.39, 0.29) is 4.90 Å². The van der Waals surface area contributed by atoms with Crippen LogP contribution in [0, 0.1) is 0 Å². The maximum atomic E-state index is 12.4. The van der Waals surface area contributed by atoms with Crippen LogP contribution in [0.15, 0.2) is 58.4 Å². The first-order valence-electron chi connectivity index (χ1n) is 7.14. The van der Waals surface area contributed by atoms with Crippen LogP contribution < -0.4 is 14.8 Å². The number of hydrogen-bond donors (Lipinski definition) is 2. The largest absolute Gasteiger partial charge is 0.497 e. The van der Waals surface area contributed by atoms with Crippen molar-refractivity contribution in [1.82, 2.24) is 5.32 Å². The van der Waals surface area contributed by atoms with Crippen LogP contribution in [0.3, 0.4) is 0 Å². The van der Waals surface area contributed by atoms with Gasteiger partial charge in [0.05, 0.1) is 18.6 Å². The van der Waals surface area contributed by atoms with Gasteiger partial charge in [0, 0.05) is 17.8 Å². The fourth-order valence-electron chi connectivity index (χ4n) is 2.29. The van der Waals surface area contributed by atoms with E-state index in [0.29, 0.717) is 11.4 Å². The summed E-state index contributed by atoms with van der Waals surface area (Å²) >= 11 is 0. The maximum absolute atomic E-state index is 12.4. The number of rotatable bonds is 5. The highest BCUT2D eigenvalue weighted by Crippen LogP contribution is 2.20. The molecule has 3 rings (SSSR count). The first-order chi connectivity index (χ1) is 11.1. The Morgan fingerprint density at radius 3 is 2.61 bits per heavy atom. The lowest BCUT2D eigenvalue weighted by Gasteiger charge is -2.10. The van der Waals surface area contributed by atoms with Gasteiger partial charge in [0.15, 0.2) is 0 Å². The van der Waals surface area contributed by atoms with E-state index in [4.69, 9.17) is 4.74 Å². The van der Waals surface area contributed by atoms with E-state index >= 15 is 0 Å². The van der Waals surface area contributed by atoms with E-state index < -0.39 is 10.0 Å². The third-order valence-electron chi connectivity index (χ3n) is 3.43. The molecule has 2 aromatic carbocycles. The Kier molecular flexibility index (Phi) is 4.20. The summed E-state index contributed by atoms with van der Waals surface area (Å²) < 4.78 is 32.5. The van der Waals surface area contributed by atoms with Crippen molar-refractivity contribution in [2.45, 2.75) is 4.90 Å². The molecule has 23 heavy (non-hydrogen) atoms. The van der Waals surface area contributed by atoms with E-state index in [1.54, 1.807) is 30.3 Å². The number of aliphatic imine (C=N–C) groups is 1. The number of nitrogens with zero attached hydrogens (tertiary/aromatic N) is 1. The lowest BCUT2D eigenvalue weighted by molar-refractivity contribution is 0.414. The first kappa shape index (κ1) is 15.4. The summed E-state index contributed by atoms with van der Waals surface area (Å²) in [5.74, 6) is 1.40. The number of hydrogen-bond acceptors (Lipinski definition) is 5. The lowest BCUT2D eigenvalue weighted by Crippen LogP contribution is -2.20. The molecule has 0 atom stereocenters.